The number of fused-ring (bicyclic) bond motifs is 2. The molecule has 168 valence electrons. The maximum atomic E-state index is 12.8. The second kappa shape index (κ2) is 9.41. The van der Waals surface area contributed by atoms with Gasteiger partial charge in [-0.25, -0.2) is 14.8 Å². The van der Waals surface area contributed by atoms with Crippen LogP contribution in [0.2, 0.25) is 0 Å². The first-order valence-electron chi connectivity index (χ1n) is 10.4. The minimum absolute atomic E-state index is 0.0460. The standard InChI is InChI=1S/C22H24N4O4S2/c1-4-26-20(28)14-6-5-9-23-18(14)25-22(26)31-11-16(27)24-19-17(21(29)30-3)13-8-7-12(2)10-15(13)32-19/h5-6,9,12H,4,7-8,10-11H2,1-3H3,(H,24,27)/t12-/m1/s1. The van der Waals surface area contributed by atoms with Crippen molar-refractivity contribution >= 4 is 51.0 Å². The minimum Gasteiger partial charge on any atom is -0.465 e. The molecule has 0 radical (unpaired) electrons. The fourth-order valence-electron chi connectivity index (χ4n) is 3.87. The van der Waals surface area contributed by atoms with E-state index in [1.165, 1.54) is 34.8 Å². The van der Waals surface area contributed by atoms with E-state index in [-0.39, 0.29) is 17.2 Å². The largest absolute Gasteiger partial charge is 0.465 e. The molecule has 1 aliphatic carbocycles. The fourth-order valence-corrected chi connectivity index (χ4v) is 6.14. The molecule has 0 aromatic carbocycles. The van der Waals surface area contributed by atoms with Crippen LogP contribution in [-0.4, -0.2) is 39.3 Å². The molecular formula is C22H24N4O4S2. The Morgan fingerprint density at radius 3 is 2.97 bits per heavy atom. The van der Waals surface area contributed by atoms with Crippen LogP contribution in [0, 0.1) is 5.92 Å². The van der Waals surface area contributed by atoms with Crippen molar-refractivity contribution in [1.82, 2.24) is 14.5 Å². The molecule has 4 rings (SSSR count). The predicted octanol–water partition coefficient (Wildman–Crippen LogP) is 3.52. The first kappa shape index (κ1) is 22.5. The van der Waals surface area contributed by atoms with Crippen molar-refractivity contribution in [3.05, 3.63) is 44.7 Å². The van der Waals surface area contributed by atoms with Gasteiger partial charge in [-0.15, -0.1) is 11.3 Å². The number of carbonyl (C=O) groups is 2. The van der Waals surface area contributed by atoms with Crippen molar-refractivity contribution in [3.63, 3.8) is 0 Å². The number of amides is 1. The summed E-state index contributed by atoms with van der Waals surface area (Å²) in [5, 5.41) is 4.30. The van der Waals surface area contributed by atoms with Gasteiger partial charge in [0.05, 0.1) is 23.8 Å². The van der Waals surface area contributed by atoms with E-state index in [2.05, 4.69) is 22.2 Å². The molecular weight excluding hydrogens is 448 g/mol. The van der Waals surface area contributed by atoms with E-state index in [0.29, 0.717) is 39.2 Å². The highest BCUT2D eigenvalue weighted by atomic mass is 32.2. The molecule has 1 aliphatic rings. The summed E-state index contributed by atoms with van der Waals surface area (Å²) in [6, 6.07) is 3.39. The fraction of sp³-hybridized carbons (Fsp3) is 0.409. The lowest BCUT2D eigenvalue weighted by molar-refractivity contribution is -0.113. The van der Waals surface area contributed by atoms with Crippen LogP contribution in [0.1, 0.15) is 41.1 Å². The number of aromatic nitrogens is 3. The summed E-state index contributed by atoms with van der Waals surface area (Å²) in [6.45, 7) is 4.48. The van der Waals surface area contributed by atoms with Crippen LogP contribution in [0.15, 0.2) is 28.3 Å². The summed E-state index contributed by atoms with van der Waals surface area (Å²) in [6.07, 6.45) is 4.29. The smallest absolute Gasteiger partial charge is 0.341 e. The SMILES string of the molecule is CCn1c(SCC(=O)Nc2sc3c(c2C(=O)OC)CC[C@@H](C)C3)nc2ncccc2c1=O. The average Bonchev–Trinajstić information content (AvgIpc) is 3.13. The predicted molar refractivity (Wildman–Crippen MR) is 126 cm³/mol. The van der Waals surface area contributed by atoms with Gasteiger partial charge in [-0.05, 0) is 49.8 Å². The molecule has 0 aliphatic heterocycles. The molecule has 10 heteroatoms. The number of rotatable bonds is 6. The Morgan fingerprint density at radius 2 is 2.22 bits per heavy atom. The van der Waals surface area contributed by atoms with Gasteiger partial charge in [-0.1, -0.05) is 18.7 Å². The number of thioether (sulfide) groups is 1. The van der Waals surface area contributed by atoms with E-state index in [1.54, 1.807) is 18.3 Å². The number of hydrogen-bond donors (Lipinski definition) is 1. The molecule has 0 bridgehead atoms. The number of pyridine rings is 1. The summed E-state index contributed by atoms with van der Waals surface area (Å²) < 4.78 is 6.51. The van der Waals surface area contributed by atoms with Crippen molar-refractivity contribution in [2.45, 2.75) is 44.8 Å². The van der Waals surface area contributed by atoms with Crippen LogP contribution >= 0.6 is 23.1 Å². The Balaban J connectivity index is 1.55. The number of carbonyl (C=O) groups excluding carboxylic acids is 2. The Hall–Kier alpha value is -2.72. The van der Waals surface area contributed by atoms with Crippen LogP contribution in [0.25, 0.3) is 11.0 Å². The van der Waals surface area contributed by atoms with E-state index in [1.807, 2.05) is 6.92 Å². The van der Waals surface area contributed by atoms with Crippen molar-refractivity contribution < 1.29 is 14.3 Å². The summed E-state index contributed by atoms with van der Waals surface area (Å²) in [7, 11) is 1.35. The van der Waals surface area contributed by atoms with E-state index in [4.69, 9.17) is 4.74 Å². The van der Waals surface area contributed by atoms with Gasteiger partial charge in [-0.3, -0.25) is 14.2 Å². The summed E-state index contributed by atoms with van der Waals surface area (Å²) in [5.74, 6) is -0.110. The van der Waals surface area contributed by atoms with Crippen LogP contribution in [0.4, 0.5) is 5.00 Å². The lowest BCUT2D eigenvalue weighted by Crippen LogP contribution is -2.24. The summed E-state index contributed by atoms with van der Waals surface area (Å²) >= 11 is 2.62. The van der Waals surface area contributed by atoms with Gasteiger partial charge < -0.3 is 10.1 Å². The minimum atomic E-state index is -0.429. The highest BCUT2D eigenvalue weighted by molar-refractivity contribution is 7.99. The van der Waals surface area contributed by atoms with Crippen LogP contribution in [0.3, 0.4) is 0 Å². The monoisotopic (exact) mass is 472 g/mol. The summed E-state index contributed by atoms with van der Waals surface area (Å²) in [5.41, 5.74) is 1.64. The molecule has 1 amide bonds. The zero-order valence-corrected chi connectivity index (χ0v) is 19.8. The van der Waals surface area contributed by atoms with Gasteiger partial charge in [0.15, 0.2) is 10.8 Å². The third-order valence-corrected chi connectivity index (χ3v) is 7.64. The van der Waals surface area contributed by atoms with Gasteiger partial charge in [0.25, 0.3) is 5.56 Å². The second-order valence-corrected chi connectivity index (χ2v) is 9.75. The highest BCUT2D eigenvalue weighted by Crippen LogP contribution is 2.40. The molecule has 3 aromatic rings. The third kappa shape index (κ3) is 4.29. The van der Waals surface area contributed by atoms with Crippen molar-refractivity contribution in [3.8, 4) is 0 Å². The zero-order chi connectivity index (χ0) is 22.8. The van der Waals surface area contributed by atoms with Gasteiger partial charge >= 0.3 is 5.97 Å². The highest BCUT2D eigenvalue weighted by Gasteiger charge is 2.29. The van der Waals surface area contributed by atoms with Gasteiger partial charge in [0.1, 0.15) is 5.00 Å². The van der Waals surface area contributed by atoms with Crippen LogP contribution in [-0.2, 0) is 28.9 Å². The van der Waals surface area contributed by atoms with Crippen LogP contribution in [0.5, 0.6) is 0 Å². The van der Waals surface area contributed by atoms with E-state index < -0.39 is 5.97 Å². The molecule has 1 atom stereocenters. The molecule has 32 heavy (non-hydrogen) atoms. The molecule has 0 spiro atoms. The first-order chi connectivity index (χ1) is 15.4. The number of esters is 1. The molecule has 0 fully saturated rings. The number of nitrogens with one attached hydrogen (secondary N) is 1. The van der Waals surface area contributed by atoms with Crippen molar-refractivity contribution in [2.75, 3.05) is 18.2 Å². The normalized spacial score (nSPS) is 15.4. The zero-order valence-electron chi connectivity index (χ0n) is 18.1. The number of anilines is 1. The van der Waals surface area contributed by atoms with Gasteiger partial charge in [-0.2, -0.15) is 0 Å². The second-order valence-electron chi connectivity index (χ2n) is 7.70. The maximum Gasteiger partial charge on any atom is 0.341 e. The molecule has 3 aromatic heterocycles. The Bertz CT molecular complexity index is 1250. The summed E-state index contributed by atoms with van der Waals surface area (Å²) in [4.78, 5) is 47.7. The Morgan fingerprint density at radius 1 is 1.41 bits per heavy atom. The molecule has 3 heterocycles. The quantitative estimate of drug-likeness (QED) is 0.333. The molecule has 0 saturated heterocycles. The number of hydrogen-bond acceptors (Lipinski definition) is 8. The van der Waals surface area contributed by atoms with Crippen molar-refractivity contribution in [1.29, 1.82) is 0 Å². The Kier molecular flexibility index (Phi) is 6.61. The molecule has 1 N–H and O–H groups in total. The lowest BCUT2D eigenvalue weighted by atomic mass is 9.88. The van der Waals surface area contributed by atoms with Gasteiger partial charge in [0.2, 0.25) is 5.91 Å². The number of ether oxygens (including phenoxy) is 1. The first-order valence-corrected chi connectivity index (χ1v) is 12.2. The molecule has 0 unspecified atom stereocenters. The number of thiophene rings is 1. The Labute approximate surface area is 193 Å². The molecule has 0 saturated carbocycles. The van der Waals surface area contributed by atoms with Crippen molar-refractivity contribution in [2.24, 2.45) is 5.92 Å². The number of nitrogens with zero attached hydrogens (tertiary/aromatic N) is 3. The van der Waals surface area contributed by atoms with E-state index in [0.717, 1.165) is 29.7 Å². The topological polar surface area (TPSA) is 103 Å². The molecule has 8 nitrogen and oxygen atoms in total. The lowest BCUT2D eigenvalue weighted by Gasteiger charge is -2.18. The number of methoxy groups -OCH3 is 1. The van der Waals surface area contributed by atoms with E-state index in [9.17, 15) is 14.4 Å². The van der Waals surface area contributed by atoms with E-state index >= 15 is 0 Å². The third-order valence-electron chi connectivity index (χ3n) is 5.50. The van der Waals surface area contributed by atoms with Crippen LogP contribution < -0.4 is 10.9 Å². The maximum absolute atomic E-state index is 12.8. The average molecular weight is 473 g/mol. The van der Waals surface area contributed by atoms with Gasteiger partial charge in [0, 0.05) is 17.6 Å².